The van der Waals surface area contributed by atoms with Gasteiger partial charge in [-0.1, -0.05) is 92.7 Å². The molecular weight excluding hydrogens is 683 g/mol. The first-order valence-electron chi connectivity index (χ1n) is 19.8. The second-order valence-electron chi connectivity index (χ2n) is 15.7. The van der Waals surface area contributed by atoms with Crippen LogP contribution in [0.4, 0.5) is 8.78 Å². The monoisotopic (exact) mass is 728 g/mol. The summed E-state index contributed by atoms with van der Waals surface area (Å²) in [5, 5.41) is 10.3. The quantitative estimate of drug-likeness (QED) is 0.102. The van der Waals surface area contributed by atoms with Gasteiger partial charge in [-0.3, -0.25) is 14.4 Å². The van der Waals surface area contributed by atoms with Gasteiger partial charge in [0, 0.05) is 36.2 Å². The van der Waals surface area contributed by atoms with Crippen molar-refractivity contribution >= 4 is 60.2 Å². The summed E-state index contributed by atoms with van der Waals surface area (Å²) >= 11 is 0. The van der Waals surface area contributed by atoms with E-state index in [1.165, 1.54) is 58.8 Å². The third-order valence-electron chi connectivity index (χ3n) is 12.6. The van der Waals surface area contributed by atoms with Crippen molar-refractivity contribution in [3.63, 3.8) is 0 Å². The third-order valence-corrected chi connectivity index (χ3v) is 12.6. The van der Waals surface area contributed by atoms with Crippen LogP contribution in [-0.2, 0) is 30.5 Å². The average molecular weight is 729 g/mol. The molecule has 7 aromatic rings. The molecule has 5 heteroatoms. The lowest BCUT2D eigenvalue weighted by atomic mass is 9.79. The van der Waals surface area contributed by atoms with Crippen molar-refractivity contribution in [2.75, 3.05) is 0 Å². The Morgan fingerprint density at radius 3 is 2.18 bits per heavy atom. The van der Waals surface area contributed by atoms with Crippen LogP contribution in [-0.4, -0.2) is 16.1 Å². The summed E-state index contributed by atoms with van der Waals surface area (Å²) in [5.74, 6) is 0.217. The molecule has 0 spiro atoms. The Hall–Kier alpha value is -5.42. The summed E-state index contributed by atoms with van der Waals surface area (Å²) in [5.41, 5.74) is 13.3. The van der Waals surface area contributed by atoms with Crippen LogP contribution in [0.15, 0.2) is 101 Å². The maximum Gasteiger partial charge on any atom is 0.319 e. The van der Waals surface area contributed by atoms with E-state index in [1.807, 2.05) is 20.8 Å². The van der Waals surface area contributed by atoms with Crippen molar-refractivity contribution in [3.05, 3.63) is 146 Å². The normalized spacial score (nSPS) is 14.4. The molecule has 0 unspecified atom stereocenters. The number of carbonyl (C=O) groups is 1. The lowest BCUT2D eigenvalue weighted by Gasteiger charge is -2.27. The fourth-order valence-corrected chi connectivity index (χ4v) is 10.3. The van der Waals surface area contributed by atoms with Gasteiger partial charge in [0.1, 0.15) is 5.78 Å². The highest BCUT2D eigenvalue weighted by Crippen LogP contribution is 2.48. The fourth-order valence-electron chi connectivity index (χ4n) is 10.3. The van der Waals surface area contributed by atoms with E-state index in [1.54, 1.807) is 6.92 Å². The molecule has 0 fully saturated rings. The molecule has 1 aliphatic heterocycles. The number of aryl methyl sites for hydroxylation is 2. The molecule has 0 atom stereocenters. The van der Waals surface area contributed by atoms with Gasteiger partial charge in [0.15, 0.2) is 0 Å². The van der Waals surface area contributed by atoms with Crippen LogP contribution in [0.2, 0.25) is 0 Å². The largest absolute Gasteiger partial charge is 0.319 e. The van der Waals surface area contributed by atoms with Crippen molar-refractivity contribution in [3.8, 4) is 0 Å². The standard InChI is InChI=1S/C50H46F2N2O/c1-7-36-28(4)49(54(30(36)6)50(51)52)47-44-27(3)23-31(24-34(44)26-43-37(8-2)29(5)53-48(43)47)25-35(55)16-9-13-32-21-22-42-40-19-11-15-33-14-10-18-39(45(33)40)41-20-12-17-38(32)46(41)42/h10-12,14-15,17-24,50H,7-9,13,16,25-26H2,1-6H3. The topological polar surface area (TPSA) is 34.4 Å². The van der Waals surface area contributed by atoms with Crippen LogP contribution in [0.3, 0.4) is 0 Å². The Morgan fingerprint density at radius 1 is 0.818 bits per heavy atom. The number of hydrogen-bond donors (Lipinski definition) is 0. The van der Waals surface area contributed by atoms with Crippen LogP contribution in [0.5, 0.6) is 0 Å². The van der Waals surface area contributed by atoms with E-state index in [4.69, 9.17) is 4.99 Å². The molecule has 276 valence electrons. The van der Waals surface area contributed by atoms with Crippen molar-refractivity contribution in [2.24, 2.45) is 4.99 Å². The number of alkyl halides is 2. The number of Topliss-reactive ketones (excluding diaryl/α,β-unsaturated/α-hetero) is 1. The number of aliphatic imine (C=N–C) groups is 1. The smallest absolute Gasteiger partial charge is 0.299 e. The fraction of sp³-hybridized carbons (Fsp3) is 0.280. The predicted octanol–water partition coefficient (Wildman–Crippen LogP) is 13.1. The van der Waals surface area contributed by atoms with E-state index < -0.39 is 6.55 Å². The van der Waals surface area contributed by atoms with Crippen molar-refractivity contribution < 1.29 is 13.6 Å². The zero-order chi connectivity index (χ0) is 38.3. The van der Waals surface area contributed by atoms with Crippen molar-refractivity contribution in [1.29, 1.82) is 0 Å². The number of allylic oxidation sites excluding steroid dienone is 2. The Labute approximate surface area is 321 Å². The zero-order valence-corrected chi connectivity index (χ0v) is 32.6. The van der Waals surface area contributed by atoms with Gasteiger partial charge in [-0.2, -0.15) is 8.78 Å². The predicted molar refractivity (Wildman–Crippen MR) is 225 cm³/mol. The van der Waals surface area contributed by atoms with Crippen LogP contribution in [0.25, 0.3) is 48.7 Å². The first kappa shape index (κ1) is 35.3. The maximum absolute atomic E-state index is 14.9. The molecule has 0 radical (unpaired) electrons. The lowest BCUT2D eigenvalue weighted by Crippen LogP contribution is -2.15. The Kier molecular flexibility index (Phi) is 8.60. The minimum Gasteiger partial charge on any atom is -0.299 e. The van der Waals surface area contributed by atoms with E-state index in [-0.39, 0.29) is 5.78 Å². The summed E-state index contributed by atoms with van der Waals surface area (Å²) in [7, 11) is 0. The zero-order valence-electron chi connectivity index (χ0n) is 32.6. The van der Waals surface area contributed by atoms with Gasteiger partial charge in [-0.05, 0) is 147 Å². The molecule has 6 aromatic carbocycles. The second-order valence-corrected chi connectivity index (χ2v) is 15.7. The molecule has 0 bridgehead atoms. The van der Waals surface area contributed by atoms with E-state index in [0.29, 0.717) is 37.1 Å². The lowest BCUT2D eigenvalue weighted by molar-refractivity contribution is -0.118. The van der Waals surface area contributed by atoms with E-state index in [2.05, 4.69) is 92.7 Å². The SMILES string of the molecule is CCC1=C2Cc3cc(CC(=O)CCCc4ccc5c6cccc7cccc(c8cccc4c85)c76)cc(C)c3C(c3c(C)c(CC)c(C)n3C(F)F)=C2N=C1C. The molecule has 1 aliphatic carbocycles. The molecule has 3 nitrogen and oxygen atoms in total. The Morgan fingerprint density at radius 2 is 1.49 bits per heavy atom. The molecule has 2 heterocycles. The van der Waals surface area contributed by atoms with Gasteiger partial charge in [-0.25, -0.2) is 0 Å². The summed E-state index contributed by atoms with van der Waals surface area (Å²) in [6.45, 7) is 9.37. The number of nitrogens with zero attached hydrogens (tertiary/aromatic N) is 2. The first-order chi connectivity index (χ1) is 26.6. The highest BCUT2D eigenvalue weighted by molar-refractivity contribution is 6.33. The van der Waals surface area contributed by atoms with Crippen LogP contribution in [0, 0.1) is 20.8 Å². The van der Waals surface area contributed by atoms with Gasteiger partial charge >= 0.3 is 6.55 Å². The molecule has 0 saturated carbocycles. The summed E-state index contributed by atoms with van der Waals surface area (Å²) < 4.78 is 31.0. The van der Waals surface area contributed by atoms with Gasteiger partial charge < -0.3 is 0 Å². The highest BCUT2D eigenvalue weighted by atomic mass is 19.3. The van der Waals surface area contributed by atoms with Crippen LogP contribution >= 0.6 is 0 Å². The molecule has 0 amide bonds. The second kappa shape index (κ2) is 13.4. The third kappa shape index (κ3) is 5.41. The minimum atomic E-state index is -2.67. The minimum absolute atomic E-state index is 0.217. The number of ketones is 1. The molecule has 1 aromatic heterocycles. The maximum atomic E-state index is 14.9. The van der Waals surface area contributed by atoms with Gasteiger partial charge in [0.2, 0.25) is 0 Å². The number of benzene rings is 6. The van der Waals surface area contributed by atoms with Crippen molar-refractivity contribution in [2.45, 2.75) is 93.0 Å². The molecule has 0 N–H and O–H groups in total. The van der Waals surface area contributed by atoms with Gasteiger partial charge in [0.25, 0.3) is 0 Å². The summed E-state index contributed by atoms with van der Waals surface area (Å²) in [6, 6.07) is 28.6. The van der Waals surface area contributed by atoms with E-state index in [0.717, 1.165) is 75.2 Å². The Bertz CT molecular complexity index is 2800. The number of rotatable bonds is 10. The Balaban J connectivity index is 1.02. The van der Waals surface area contributed by atoms with Crippen LogP contribution in [0.1, 0.15) is 96.9 Å². The van der Waals surface area contributed by atoms with E-state index in [9.17, 15) is 13.6 Å². The van der Waals surface area contributed by atoms with E-state index >= 15 is 0 Å². The number of hydrogen-bond acceptors (Lipinski definition) is 2. The molecule has 9 rings (SSSR count). The summed E-state index contributed by atoms with van der Waals surface area (Å²) in [6.07, 6.45) is 4.63. The number of carbonyl (C=O) groups excluding carboxylic acids is 1. The average Bonchev–Trinajstić information content (AvgIpc) is 3.62. The van der Waals surface area contributed by atoms with Gasteiger partial charge in [-0.15, -0.1) is 0 Å². The highest BCUT2D eigenvalue weighted by Gasteiger charge is 2.35. The number of aromatic nitrogens is 1. The number of fused-ring (bicyclic) bond motifs is 4. The first-order valence-corrected chi connectivity index (χ1v) is 19.8. The summed E-state index contributed by atoms with van der Waals surface area (Å²) in [4.78, 5) is 18.7. The molecule has 2 aliphatic rings. The van der Waals surface area contributed by atoms with Crippen molar-refractivity contribution in [1.82, 2.24) is 4.57 Å². The molecular formula is C50H46F2N2O. The van der Waals surface area contributed by atoms with Gasteiger partial charge in [0.05, 0.1) is 11.4 Å². The molecule has 0 saturated heterocycles. The van der Waals surface area contributed by atoms with Crippen LogP contribution < -0.4 is 0 Å². The number of halogens is 2. The molecule has 55 heavy (non-hydrogen) atoms.